The summed E-state index contributed by atoms with van der Waals surface area (Å²) in [5, 5.41) is 15.3. The normalized spacial score (nSPS) is 20.0. The molecule has 24 heavy (non-hydrogen) atoms. The second-order valence-electron chi connectivity index (χ2n) is 6.52. The maximum Gasteiger partial charge on any atom is 0.322 e. The van der Waals surface area contributed by atoms with Crippen LogP contribution in [0.1, 0.15) is 32.3 Å². The van der Waals surface area contributed by atoms with Crippen molar-refractivity contribution in [2.75, 3.05) is 6.54 Å². The number of hydrogen-bond donors (Lipinski definition) is 3. The Labute approximate surface area is 141 Å². The number of nitrogens with zero attached hydrogens (tertiary/aromatic N) is 1. The van der Waals surface area contributed by atoms with E-state index in [9.17, 15) is 19.6 Å². The summed E-state index contributed by atoms with van der Waals surface area (Å²) < 4.78 is 0. The van der Waals surface area contributed by atoms with E-state index in [0.717, 1.165) is 5.56 Å². The maximum atomic E-state index is 12.3. The van der Waals surface area contributed by atoms with E-state index in [-0.39, 0.29) is 18.9 Å². The van der Waals surface area contributed by atoms with Crippen LogP contribution in [-0.2, 0) is 16.0 Å². The predicted molar refractivity (Wildman–Crippen MR) is 87.1 cm³/mol. The standard InChI is InChI=1S/C17H23N3O4/c1-12(2)10-17(15(22)18-16(23)19-17)11-14(21)20(24)9-8-13-6-4-3-5-7-13/h3-7,12,24H,8-11H2,1-2H3,(H2,18,19,22,23). The Morgan fingerprint density at radius 1 is 1.25 bits per heavy atom. The summed E-state index contributed by atoms with van der Waals surface area (Å²) >= 11 is 0. The fourth-order valence-corrected chi connectivity index (χ4v) is 2.92. The number of carbonyl (C=O) groups is 3. The molecule has 1 fully saturated rings. The molecule has 7 heteroatoms. The van der Waals surface area contributed by atoms with Gasteiger partial charge < -0.3 is 5.32 Å². The molecule has 0 bridgehead atoms. The predicted octanol–water partition coefficient (Wildman–Crippen LogP) is 1.46. The van der Waals surface area contributed by atoms with Gasteiger partial charge in [-0.2, -0.15) is 0 Å². The first-order chi connectivity index (χ1) is 11.3. The van der Waals surface area contributed by atoms with Crippen LogP contribution < -0.4 is 10.6 Å². The Hall–Kier alpha value is -2.41. The second-order valence-corrected chi connectivity index (χ2v) is 6.52. The number of carbonyl (C=O) groups excluding carboxylic acids is 3. The molecule has 130 valence electrons. The highest BCUT2D eigenvalue weighted by Gasteiger charge is 2.48. The van der Waals surface area contributed by atoms with Crippen LogP contribution in [0.15, 0.2) is 30.3 Å². The highest BCUT2D eigenvalue weighted by atomic mass is 16.5. The van der Waals surface area contributed by atoms with Crippen molar-refractivity contribution < 1.29 is 19.6 Å². The number of hydrogen-bond acceptors (Lipinski definition) is 4. The minimum Gasteiger partial charge on any atom is -0.323 e. The van der Waals surface area contributed by atoms with Crippen LogP contribution in [0.3, 0.4) is 0 Å². The van der Waals surface area contributed by atoms with E-state index in [1.54, 1.807) is 0 Å². The number of nitrogens with one attached hydrogen (secondary N) is 2. The van der Waals surface area contributed by atoms with Gasteiger partial charge in [0.25, 0.3) is 5.91 Å². The first kappa shape index (κ1) is 17.9. The molecule has 1 aromatic carbocycles. The third-order valence-corrected chi connectivity index (χ3v) is 3.97. The van der Waals surface area contributed by atoms with Crippen LogP contribution in [-0.4, -0.2) is 40.2 Å². The minimum absolute atomic E-state index is 0.0958. The topological polar surface area (TPSA) is 98.7 Å². The minimum atomic E-state index is -1.30. The number of urea groups is 1. The van der Waals surface area contributed by atoms with E-state index in [1.165, 1.54) is 0 Å². The van der Waals surface area contributed by atoms with Crippen molar-refractivity contribution in [3.63, 3.8) is 0 Å². The average molecular weight is 333 g/mol. The zero-order valence-electron chi connectivity index (χ0n) is 13.9. The summed E-state index contributed by atoms with van der Waals surface area (Å²) in [6, 6.07) is 8.86. The third-order valence-electron chi connectivity index (χ3n) is 3.97. The molecule has 3 N–H and O–H groups in total. The van der Waals surface area contributed by atoms with E-state index < -0.39 is 23.4 Å². The molecule has 0 aliphatic carbocycles. The molecule has 1 heterocycles. The van der Waals surface area contributed by atoms with Gasteiger partial charge in [0.05, 0.1) is 13.0 Å². The molecule has 2 rings (SSSR count). The van der Waals surface area contributed by atoms with Gasteiger partial charge in [0, 0.05) is 0 Å². The Morgan fingerprint density at radius 2 is 1.92 bits per heavy atom. The van der Waals surface area contributed by atoms with Gasteiger partial charge in [-0.3, -0.25) is 20.1 Å². The van der Waals surface area contributed by atoms with E-state index in [1.807, 2.05) is 44.2 Å². The first-order valence-electron chi connectivity index (χ1n) is 7.99. The van der Waals surface area contributed by atoms with E-state index in [2.05, 4.69) is 10.6 Å². The lowest BCUT2D eigenvalue weighted by Crippen LogP contribution is -2.51. The van der Waals surface area contributed by atoms with Crippen LogP contribution in [0.25, 0.3) is 0 Å². The molecule has 0 aromatic heterocycles. The molecule has 1 unspecified atom stereocenters. The van der Waals surface area contributed by atoms with Gasteiger partial charge >= 0.3 is 6.03 Å². The summed E-state index contributed by atoms with van der Waals surface area (Å²) in [6.07, 6.45) is 0.551. The lowest BCUT2D eigenvalue weighted by molar-refractivity contribution is -0.167. The Morgan fingerprint density at radius 3 is 2.46 bits per heavy atom. The van der Waals surface area contributed by atoms with Gasteiger partial charge in [-0.25, -0.2) is 9.86 Å². The smallest absolute Gasteiger partial charge is 0.322 e. The average Bonchev–Trinajstić information content (AvgIpc) is 2.78. The largest absolute Gasteiger partial charge is 0.323 e. The van der Waals surface area contributed by atoms with Crippen LogP contribution >= 0.6 is 0 Å². The number of hydroxylamine groups is 2. The molecule has 1 saturated heterocycles. The van der Waals surface area contributed by atoms with Gasteiger partial charge in [0.2, 0.25) is 5.91 Å². The number of imide groups is 1. The fraction of sp³-hybridized carbons (Fsp3) is 0.471. The molecule has 4 amide bonds. The summed E-state index contributed by atoms with van der Waals surface area (Å²) in [4.78, 5) is 35.9. The van der Waals surface area contributed by atoms with Crippen molar-refractivity contribution in [1.29, 1.82) is 0 Å². The molecular weight excluding hydrogens is 310 g/mol. The third kappa shape index (κ3) is 4.32. The van der Waals surface area contributed by atoms with Gasteiger partial charge in [-0.15, -0.1) is 0 Å². The first-order valence-corrected chi connectivity index (χ1v) is 7.99. The van der Waals surface area contributed by atoms with E-state index in [0.29, 0.717) is 17.9 Å². The summed E-state index contributed by atoms with van der Waals surface area (Å²) in [5.74, 6) is -1.02. The monoisotopic (exact) mass is 333 g/mol. The van der Waals surface area contributed by atoms with Gasteiger partial charge in [-0.1, -0.05) is 44.2 Å². The Balaban J connectivity index is 1.99. The Kier molecular flexibility index (Phi) is 5.56. The van der Waals surface area contributed by atoms with Crippen molar-refractivity contribution in [3.05, 3.63) is 35.9 Å². The van der Waals surface area contributed by atoms with Gasteiger partial charge in [0.15, 0.2) is 0 Å². The second kappa shape index (κ2) is 7.44. The lowest BCUT2D eigenvalue weighted by Gasteiger charge is -2.28. The number of benzene rings is 1. The van der Waals surface area contributed by atoms with Crippen molar-refractivity contribution in [2.24, 2.45) is 5.92 Å². The molecular formula is C17H23N3O4. The zero-order chi connectivity index (χ0) is 17.7. The summed E-state index contributed by atoms with van der Waals surface area (Å²) in [5.41, 5.74) is -0.302. The van der Waals surface area contributed by atoms with E-state index in [4.69, 9.17) is 0 Å². The fourth-order valence-electron chi connectivity index (χ4n) is 2.92. The van der Waals surface area contributed by atoms with Crippen LogP contribution in [0.5, 0.6) is 0 Å². The summed E-state index contributed by atoms with van der Waals surface area (Å²) in [6.45, 7) is 3.92. The molecule has 0 saturated carbocycles. The van der Waals surface area contributed by atoms with Crippen molar-refractivity contribution >= 4 is 17.8 Å². The van der Waals surface area contributed by atoms with Crippen LogP contribution in [0, 0.1) is 5.92 Å². The SMILES string of the molecule is CC(C)CC1(CC(=O)N(O)CCc2ccccc2)NC(=O)NC1=O. The highest BCUT2D eigenvalue weighted by molar-refractivity contribution is 6.08. The van der Waals surface area contributed by atoms with Crippen LogP contribution in [0.2, 0.25) is 0 Å². The van der Waals surface area contributed by atoms with Gasteiger partial charge in [0.1, 0.15) is 5.54 Å². The quantitative estimate of drug-likeness (QED) is 0.400. The molecule has 0 spiro atoms. The zero-order valence-corrected chi connectivity index (χ0v) is 13.9. The maximum absolute atomic E-state index is 12.3. The molecule has 1 aliphatic heterocycles. The number of amides is 4. The molecule has 1 aliphatic rings. The van der Waals surface area contributed by atoms with Crippen molar-refractivity contribution in [1.82, 2.24) is 15.7 Å². The molecule has 0 radical (unpaired) electrons. The Bertz CT molecular complexity index is 618. The molecule has 7 nitrogen and oxygen atoms in total. The van der Waals surface area contributed by atoms with Gasteiger partial charge in [-0.05, 0) is 24.3 Å². The molecule has 1 atom stereocenters. The number of rotatable bonds is 7. The van der Waals surface area contributed by atoms with Crippen LogP contribution in [0.4, 0.5) is 4.79 Å². The summed E-state index contributed by atoms with van der Waals surface area (Å²) in [7, 11) is 0. The lowest BCUT2D eigenvalue weighted by atomic mass is 9.85. The highest BCUT2D eigenvalue weighted by Crippen LogP contribution is 2.25. The van der Waals surface area contributed by atoms with Crippen molar-refractivity contribution in [2.45, 2.75) is 38.6 Å². The molecule has 1 aromatic rings. The van der Waals surface area contributed by atoms with E-state index >= 15 is 0 Å². The van der Waals surface area contributed by atoms with Crippen molar-refractivity contribution in [3.8, 4) is 0 Å².